The van der Waals surface area contributed by atoms with Crippen LogP contribution in [0.15, 0.2) is 15.5 Å². The highest BCUT2D eigenvalue weighted by atomic mass is 79.9. The molecule has 0 aromatic carbocycles. The average molecular weight is 361 g/mol. The van der Waals surface area contributed by atoms with Crippen LogP contribution in [0.3, 0.4) is 0 Å². The van der Waals surface area contributed by atoms with E-state index in [9.17, 15) is 9.59 Å². The van der Waals surface area contributed by atoms with Crippen molar-refractivity contribution in [1.29, 1.82) is 0 Å². The Hall–Kier alpha value is -1.41. The summed E-state index contributed by atoms with van der Waals surface area (Å²) in [5.74, 6) is -0.280. The molecule has 0 spiro atoms. The Morgan fingerprint density at radius 2 is 2.24 bits per heavy atom. The van der Waals surface area contributed by atoms with Crippen molar-refractivity contribution >= 4 is 27.6 Å². The molecule has 1 aromatic heterocycles. The molecule has 0 radical (unpaired) electrons. The molecular formula is C13H21BrN4O3. The minimum absolute atomic E-state index is 0.230. The van der Waals surface area contributed by atoms with Crippen molar-refractivity contribution < 1.29 is 9.53 Å². The molecule has 1 aromatic rings. The van der Waals surface area contributed by atoms with Crippen molar-refractivity contribution in [3.05, 3.63) is 21.0 Å². The van der Waals surface area contributed by atoms with Gasteiger partial charge in [-0.3, -0.25) is 9.59 Å². The lowest BCUT2D eigenvalue weighted by Crippen LogP contribution is -2.47. The second-order valence-electron chi connectivity index (χ2n) is 5.31. The summed E-state index contributed by atoms with van der Waals surface area (Å²) in [7, 11) is 1.26. The zero-order valence-electron chi connectivity index (χ0n) is 12.6. The highest BCUT2D eigenvalue weighted by Gasteiger charge is 2.27. The first-order valence-electron chi connectivity index (χ1n) is 6.56. The first-order valence-corrected chi connectivity index (χ1v) is 7.35. The number of carbonyl (C=O) groups is 1. The number of hydrogen-bond acceptors (Lipinski definition) is 6. The molecular weight excluding hydrogens is 340 g/mol. The Bertz CT molecular complexity index is 573. The fraction of sp³-hybridized carbons (Fsp3) is 0.615. The number of methoxy groups -OCH3 is 1. The van der Waals surface area contributed by atoms with Crippen molar-refractivity contribution in [3.63, 3.8) is 0 Å². The summed E-state index contributed by atoms with van der Waals surface area (Å²) < 4.78 is 5.87. The number of esters is 1. The van der Waals surface area contributed by atoms with Crippen LogP contribution in [0.5, 0.6) is 0 Å². The summed E-state index contributed by atoms with van der Waals surface area (Å²) in [6, 6.07) is 0. The minimum atomic E-state index is -0.536. The number of anilines is 1. The lowest BCUT2D eigenvalue weighted by Gasteiger charge is -2.34. The molecule has 1 atom stereocenters. The van der Waals surface area contributed by atoms with Gasteiger partial charge in [0.15, 0.2) is 0 Å². The van der Waals surface area contributed by atoms with Gasteiger partial charge in [0, 0.05) is 12.1 Å². The van der Waals surface area contributed by atoms with E-state index in [0.717, 1.165) is 4.68 Å². The van der Waals surface area contributed by atoms with Crippen LogP contribution in [0.25, 0.3) is 0 Å². The molecule has 0 aliphatic carbocycles. The van der Waals surface area contributed by atoms with Crippen LogP contribution < -0.4 is 16.6 Å². The van der Waals surface area contributed by atoms with E-state index in [2.05, 4.69) is 31.1 Å². The van der Waals surface area contributed by atoms with Crippen molar-refractivity contribution in [3.8, 4) is 0 Å². The van der Waals surface area contributed by atoms with Gasteiger partial charge < -0.3 is 15.8 Å². The molecule has 0 saturated carbocycles. The lowest BCUT2D eigenvalue weighted by molar-refractivity contribution is -0.141. The second kappa shape index (κ2) is 7.04. The van der Waals surface area contributed by atoms with E-state index < -0.39 is 11.5 Å². The summed E-state index contributed by atoms with van der Waals surface area (Å²) in [6.45, 7) is 6.23. The molecule has 21 heavy (non-hydrogen) atoms. The second-order valence-corrected chi connectivity index (χ2v) is 6.11. The SMILES string of the molecule is COC(=O)Cn1ncc(NC(C)(CN)C(C)C)c(Br)c1=O. The van der Waals surface area contributed by atoms with Gasteiger partial charge in [0.25, 0.3) is 5.56 Å². The first-order chi connectivity index (χ1) is 9.75. The molecule has 0 aliphatic heterocycles. The van der Waals surface area contributed by atoms with Gasteiger partial charge in [-0.25, -0.2) is 4.68 Å². The van der Waals surface area contributed by atoms with Crippen molar-refractivity contribution in [2.24, 2.45) is 11.7 Å². The summed E-state index contributed by atoms with van der Waals surface area (Å²) in [5.41, 5.74) is 5.58. The van der Waals surface area contributed by atoms with Crippen LogP contribution in [-0.4, -0.2) is 34.9 Å². The Morgan fingerprint density at radius 3 is 2.71 bits per heavy atom. The molecule has 3 N–H and O–H groups in total. The highest BCUT2D eigenvalue weighted by Crippen LogP contribution is 2.25. The zero-order valence-corrected chi connectivity index (χ0v) is 14.2. The van der Waals surface area contributed by atoms with Gasteiger partial charge in [0.1, 0.15) is 11.0 Å². The van der Waals surface area contributed by atoms with E-state index in [0.29, 0.717) is 16.7 Å². The molecule has 0 bridgehead atoms. The van der Waals surface area contributed by atoms with Gasteiger partial charge in [-0.15, -0.1) is 0 Å². The van der Waals surface area contributed by atoms with Crippen LogP contribution in [0.2, 0.25) is 0 Å². The maximum Gasteiger partial charge on any atom is 0.327 e. The van der Waals surface area contributed by atoms with Crippen LogP contribution in [-0.2, 0) is 16.1 Å². The van der Waals surface area contributed by atoms with Gasteiger partial charge in [0.05, 0.1) is 19.0 Å². The molecule has 1 unspecified atom stereocenters. The number of nitrogens with one attached hydrogen (secondary N) is 1. The summed E-state index contributed by atoms with van der Waals surface area (Å²) >= 11 is 3.25. The first kappa shape index (κ1) is 17.6. The number of nitrogens with two attached hydrogens (primary N) is 1. The normalized spacial score (nSPS) is 13.9. The molecule has 1 rings (SSSR count). The summed E-state index contributed by atoms with van der Waals surface area (Å²) in [4.78, 5) is 23.4. The number of nitrogens with zero attached hydrogens (tertiary/aromatic N) is 2. The number of halogens is 1. The molecule has 8 heteroatoms. The van der Waals surface area contributed by atoms with Crippen LogP contribution >= 0.6 is 15.9 Å². The number of ether oxygens (including phenoxy) is 1. The molecule has 0 aliphatic rings. The van der Waals surface area contributed by atoms with Crippen LogP contribution in [0.4, 0.5) is 5.69 Å². The van der Waals surface area contributed by atoms with Gasteiger partial charge in [0.2, 0.25) is 0 Å². The van der Waals surface area contributed by atoms with Crippen molar-refractivity contribution in [1.82, 2.24) is 9.78 Å². The number of carbonyl (C=O) groups excluding carboxylic acids is 1. The maximum absolute atomic E-state index is 12.2. The summed E-state index contributed by atoms with van der Waals surface area (Å²) in [5, 5.41) is 7.22. The highest BCUT2D eigenvalue weighted by molar-refractivity contribution is 9.10. The minimum Gasteiger partial charge on any atom is -0.468 e. The van der Waals surface area contributed by atoms with E-state index >= 15 is 0 Å². The topological polar surface area (TPSA) is 99.2 Å². The van der Waals surface area contributed by atoms with Crippen LogP contribution in [0, 0.1) is 5.92 Å². The largest absolute Gasteiger partial charge is 0.468 e. The van der Waals surface area contributed by atoms with Gasteiger partial charge in [-0.05, 0) is 28.8 Å². The Balaban J connectivity index is 3.10. The quantitative estimate of drug-likeness (QED) is 0.733. The molecule has 118 valence electrons. The molecule has 1 heterocycles. The molecule has 7 nitrogen and oxygen atoms in total. The fourth-order valence-corrected chi connectivity index (χ4v) is 2.00. The monoisotopic (exact) mass is 360 g/mol. The molecule has 0 fully saturated rings. The van der Waals surface area contributed by atoms with E-state index in [1.165, 1.54) is 13.3 Å². The van der Waals surface area contributed by atoms with E-state index in [1.807, 2.05) is 20.8 Å². The number of hydrogen-bond donors (Lipinski definition) is 2. The Morgan fingerprint density at radius 1 is 1.62 bits per heavy atom. The van der Waals surface area contributed by atoms with Gasteiger partial charge in [-0.1, -0.05) is 13.8 Å². The lowest BCUT2D eigenvalue weighted by atomic mass is 9.88. The zero-order chi connectivity index (χ0) is 16.2. The van der Waals surface area contributed by atoms with Crippen LogP contribution in [0.1, 0.15) is 20.8 Å². The smallest absolute Gasteiger partial charge is 0.327 e. The predicted octanol–water partition coefficient (Wildman–Crippen LogP) is 0.964. The maximum atomic E-state index is 12.2. The third kappa shape index (κ3) is 4.04. The fourth-order valence-electron chi connectivity index (χ4n) is 1.59. The third-order valence-electron chi connectivity index (χ3n) is 3.61. The van der Waals surface area contributed by atoms with Gasteiger partial charge in [-0.2, -0.15) is 5.10 Å². The Kier molecular flexibility index (Phi) is 5.91. The third-order valence-corrected chi connectivity index (χ3v) is 4.38. The van der Waals surface area contributed by atoms with E-state index in [1.54, 1.807) is 0 Å². The van der Waals surface area contributed by atoms with Crippen molar-refractivity contribution in [2.45, 2.75) is 32.9 Å². The van der Waals surface area contributed by atoms with E-state index in [-0.39, 0.29) is 18.0 Å². The molecule has 0 saturated heterocycles. The molecule has 0 amide bonds. The van der Waals surface area contributed by atoms with Crippen molar-refractivity contribution in [2.75, 3.05) is 19.0 Å². The standard InChI is InChI=1S/C13H21BrN4O3/c1-8(2)13(3,7-15)17-9-5-16-18(6-10(19)21-4)12(20)11(9)14/h5,8,17H,6-7,15H2,1-4H3. The number of aromatic nitrogens is 2. The van der Waals surface area contributed by atoms with E-state index in [4.69, 9.17) is 5.73 Å². The average Bonchev–Trinajstić information content (AvgIpc) is 2.46. The predicted molar refractivity (Wildman–Crippen MR) is 84.1 cm³/mol. The van der Waals surface area contributed by atoms with Gasteiger partial charge >= 0.3 is 5.97 Å². The summed E-state index contributed by atoms with van der Waals surface area (Å²) in [6.07, 6.45) is 1.49. The Labute approximate surface area is 132 Å². The number of rotatable bonds is 6.